The van der Waals surface area contributed by atoms with Crippen LogP contribution < -0.4 is 31.5 Å². The van der Waals surface area contributed by atoms with E-state index in [1.54, 1.807) is 37.4 Å². The van der Waals surface area contributed by atoms with E-state index in [2.05, 4.69) is 58.6 Å². The van der Waals surface area contributed by atoms with Gasteiger partial charge in [0.05, 0.1) is 29.2 Å². The molecule has 338 valence electrons. The number of piperidine rings is 1. The van der Waals surface area contributed by atoms with Crippen LogP contribution in [0.2, 0.25) is 0 Å². The Balaban J connectivity index is 1.12. The summed E-state index contributed by atoms with van der Waals surface area (Å²) >= 11 is 0. The molecule has 6 aromatic rings. The van der Waals surface area contributed by atoms with E-state index in [0.29, 0.717) is 58.8 Å². The minimum atomic E-state index is -0.649. The highest BCUT2D eigenvalue weighted by molar-refractivity contribution is 6.49. The summed E-state index contributed by atoms with van der Waals surface area (Å²) in [6.45, 7) is 7.59. The zero-order valence-electron chi connectivity index (χ0n) is 37.9. The second-order valence-corrected chi connectivity index (χ2v) is 17.0. The average Bonchev–Trinajstić information content (AvgIpc) is 3.66. The molecule has 0 bridgehead atoms. The molecule has 1 fully saturated rings. The lowest BCUT2D eigenvalue weighted by atomic mass is 9.80. The van der Waals surface area contributed by atoms with Gasteiger partial charge >= 0.3 is 0 Å². The SMILES string of the molecule is CNC(=O)c1cccc(NC(=O)C(=N)c2c(NC)ccc(-c3ccc(N(C=N)C=O)cc3-c3ccc(C(C)(C)CCNCc4cccc5c(C6CCC(=O)NC6=O)nn(C)c45)cc3)c2C)c1. The van der Waals surface area contributed by atoms with E-state index in [1.165, 1.54) is 11.9 Å². The molecule has 1 saturated heterocycles. The van der Waals surface area contributed by atoms with Gasteiger partial charge in [-0.05, 0) is 107 Å². The summed E-state index contributed by atoms with van der Waals surface area (Å²) in [5.74, 6) is -1.98. The Morgan fingerprint density at radius 2 is 1.70 bits per heavy atom. The number of anilines is 3. The molecular formula is C51H54N10O5. The number of fused-ring (bicyclic) bond motifs is 1. The van der Waals surface area contributed by atoms with E-state index in [9.17, 15) is 24.0 Å². The van der Waals surface area contributed by atoms with Gasteiger partial charge < -0.3 is 21.3 Å². The average molecular weight is 887 g/mol. The van der Waals surface area contributed by atoms with Gasteiger partial charge in [0.25, 0.3) is 11.8 Å². The first-order valence-electron chi connectivity index (χ1n) is 21.7. The number of para-hydroxylation sites is 1. The Bertz CT molecular complexity index is 2890. The van der Waals surface area contributed by atoms with E-state index in [-0.39, 0.29) is 35.3 Å². The van der Waals surface area contributed by atoms with E-state index < -0.39 is 11.8 Å². The smallest absolute Gasteiger partial charge is 0.274 e. The standard InChI is InChI=1S/C51H54N10O5/c1-30-37(19-21-42(54-4)44(30)45(53)50(66)57-35-11-7-9-32(25-35)48(64)55-5)38-18-17-36(61(28-52)29-62)26-41(38)31-13-15-34(16-14-31)51(2,3)23-24-56-27-33-10-8-12-39-46(59-60(6)47(33)39)40-20-22-43(63)58-49(40)65/h7-19,21,25-26,28-29,40,52-54,56H,20,22-24,27H2,1-6H3,(H,55,64)(H,57,66)(H,58,63,65). The van der Waals surface area contributed by atoms with Crippen molar-refractivity contribution in [1.29, 1.82) is 10.8 Å². The fourth-order valence-electron chi connectivity index (χ4n) is 8.73. The summed E-state index contributed by atoms with van der Waals surface area (Å²) in [5.41, 5.74) is 9.45. The third-order valence-electron chi connectivity index (χ3n) is 12.4. The van der Waals surface area contributed by atoms with Crippen LogP contribution in [-0.4, -0.2) is 72.5 Å². The molecule has 5 aromatic carbocycles. The number of rotatable bonds is 17. The van der Waals surface area contributed by atoms with Crippen molar-refractivity contribution in [2.75, 3.05) is 36.2 Å². The minimum Gasteiger partial charge on any atom is -0.388 e. The highest BCUT2D eigenvalue weighted by atomic mass is 16.2. The molecule has 0 spiro atoms. The maximum Gasteiger partial charge on any atom is 0.274 e. The Labute approximate surface area is 383 Å². The predicted octanol–water partition coefficient (Wildman–Crippen LogP) is 7.17. The van der Waals surface area contributed by atoms with Gasteiger partial charge in [0.2, 0.25) is 18.2 Å². The third kappa shape index (κ3) is 9.38. The van der Waals surface area contributed by atoms with E-state index in [4.69, 9.17) is 15.9 Å². The maximum atomic E-state index is 13.6. The van der Waals surface area contributed by atoms with Gasteiger partial charge in [0, 0.05) is 62.0 Å². The number of benzene rings is 5. The molecule has 0 saturated carbocycles. The Hall–Kier alpha value is -7.78. The fraction of sp³-hybridized carbons (Fsp3) is 0.255. The van der Waals surface area contributed by atoms with Crippen molar-refractivity contribution in [1.82, 2.24) is 25.7 Å². The van der Waals surface area contributed by atoms with Crippen molar-refractivity contribution in [3.63, 3.8) is 0 Å². The number of nitrogens with one attached hydrogen (secondary N) is 7. The van der Waals surface area contributed by atoms with Crippen LogP contribution in [0.4, 0.5) is 17.1 Å². The van der Waals surface area contributed by atoms with Gasteiger partial charge in [0.1, 0.15) is 5.71 Å². The molecule has 15 nitrogen and oxygen atoms in total. The normalized spacial score (nSPS) is 13.8. The topological polar surface area (TPSA) is 214 Å². The summed E-state index contributed by atoms with van der Waals surface area (Å²) in [6.07, 6.45) is 3.08. The molecule has 7 rings (SSSR count). The van der Waals surface area contributed by atoms with Gasteiger partial charge in [0.15, 0.2) is 0 Å². The quantitative estimate of drug-likeness (QED) is 0.0164. The van der Waals surface area contributed by atoms with Crippen LogP contribution in [0.25, 0.3) is 33.2 Å². The number of amides is 5. The number of carbonyl (C=O) groups is 5. The monoisotopic (exact) mass is 886 g/mol. The van der Waals surface area contributed by atoms with Crippen LogP contribution in [0, 0.1) is 17.7 Å². The van der Waals surface area contributed by atoms with Crippen LogP contribution >= 0.6 is 0 Å². The number of carbonyl (C=O) groups excluding carboxylic acids is 5. The number of imide groups is 1. The van der Waals surface area contributed by atoms with Crippen LogP contribution in [0.3, 0.4) is 0 Å². The molecular weight excluding hydrogens is 833 g/mol. The first kappa shape index (κ1) is 46.2. The van der Waals surface area contributed by atoms with Crippen molar-refractivity contribution in [3.05, 3.63) is 131 Å². The molecule has 1 aliphatic rings. The van der Waals surface area contributed by atoms with E-state index in [0.717, 1.165) is 63.6 Å². The van der Waals surface area contributed by atoms with Gasteiger partial charge in [-0.3, -0.25) is 49.7 Å². The lowest BCUT2D eigenvalue weighted by molar-refractivity contribution is -0.134. The lowest BCUT2D eigenvalue weighted by Crippen LogP contribution is -2.39. The number of aromatic nitrogens is 2. The zero-order valence-corrected chi connectivity index (χ0v) is 37.9. The molecule has 1 atom stereocenters. The van der Waals surface area contributed by atoms with Crippen molar-refractivity contribution in [2.45, 2.75) is 57.9 Å². The molecule has 15 heteroatoms. The van der Waals surface area contributed by atoms with Crippen LogP contribution in [0.5, 0.6) is 0 Å². The molecule has 5 amide bonds. The molecule has 1 aromatic heterocycles. The molecule has 2 heterocycles. The second kappa shape index (κ2) is 19.5. The molecule has 7 N–H and O–H groups in total. The Morgan fingerprint density at radius 3 is 2.39 bits per heavy atom. The van der Waals surface area contributed by atoms with Crippen LogP contribution in [0.1, 0.15) is 77.3 Å². The van der Waals surface area contributed by atoms with Gasteiger partial charge in [-0.2, -0.15) is 5.10 Å². The first-order chi connectivity index (χ1) is 31.7. The van der Waals surface area contributed by atoms with Crippen molar-refractivity contribution < 1.29 is 24.0 Å². The molecule has 0 aliphatic carbocycles. The molecule has 1 unspecified atom stereocenters. The zero-order chi connectivity index (χ0) is 47.3. The number of nitrogens with zero attached hydrogens (tertiary/aromatic N) is 3. The van der Waals surface area contributed by atoms with Gasteiger partial charge in [-0.1, -0.05) is 74.5 Å². The van der Waals surface area contributed by atoms with Crippen molar-refractivity contribution in [2.24, 2.45) is 7.05 Å². The summed E-state index contributed by atoms with van der Waals surface area (Å²) in [5, 5.41) is 37.2. The minimum absolute atomic E-state index is 0.221. The van der Waals surface area contributed by atoms with Gasteiger partial charge in [-0.15, -0.1) is 0 Å². The summed E-state index contributed by atoms with van der Waals surface area (Å²) in [6, 6.07) is 30.1. The van der Waals surface area contributed by atoms with Crippen molar-refractivity contribution in [3.8, 4) is 22.3 Å². The Morgan fingerprint density at radius 1 is 0.955 bits per heavy atom. The first-order valence-corrected chi connectivity index (χ1v) is 21.7. The fourth-order valence-corrected chi connectivity index (χ4v) is 8.73. The van der Waals surface area contributed by atoms with E-state index in [1.807, 2.05) is 67.2 Å². The largest absolute Gasteiger partial charge is 0.388 e. The third-order valence-corrected chi connectivity index (χ3v) is 12.4. The molecule has 1 aliphatic heterocycles. The highest BCUT2D eigenvalue weighted by Gasteiger charge is 2.32. The lowest BCUT2D eigenvalue weighted by Gasteiger charge is -2.26. The predicted molar refractivity (Wildman–Crippen MR) is 259 cm³/mol. The summed E-state index contributed by atoms with van der Waals surface area (Å²) in [7, 11) is 5.13. The summed E-state index contributed by atoms with van der Waals surface area (Å²) < 4.78 is 1.82. The van der Waals surface area contributed by atoms with Crippen molar-refractivity contribution >= 4 is 70.1 Å². The maximum absolute atomic E-state index is 13.6. The number of hydrogen-bond acceptors (Lipinski definition) is 10. The number of hydrogen-bond donors (Lipinski definition) is 7. The highest BCUT2D eigenvalue weighted by Crippen LogP contribution is 2.40. The second-order valence-electron chi connectivity index (χ2n) is 17.0. The van der Waals surface area contributed by atoms with Crippen LogP contribution in [0.15, 0.2) is 97.1 Å². The van der Waals surface area contributed by atoms with Crippen LogP contribution in [-0.2, 0) is 38.2 Å². The van der Waals surface area contributed by atoms with Gasteiger partial charge in [-0.25, -0.2) is 0 Å². The molecule has 66 heavy (non-hydrogen) atoms. The Kier molecular flexibility index (Phi) is 13.7. The summed E-state index contributed by atoms with van der Waals surface area (Å²) in [4.78, 5) is 63.6. The molecule has 0 radical (unpaired) electrons. The number of aryl methyl sites for hydroxylation is 1. The van der Waals surface area contributed by atoms with E-state index >= 15 is 0 Å².